The average Bonchev–Trinajstić information content (AvgIpc) is 3.18. The molecular formula is C15H18N4O3. The van der Waals surface area contributed by atoms with E-state index in [1.54, 1.807) is 13.2 Å². The van der Waals surface area contributed by atoms with E-state index in [1.807, 2.05) is 10.9 Å². The van der Waals surface area contributed by atoms with Gasteiger partial charge in [-0.15, -0.1) is 0 Å². The van der Waals surface area contributed by atoms with Crippen molar-refractivity contribution in [3.05, 3.63) is 24.0 Å². The van der Waals surface area contributed by atoms with Gasteiger partial charge in [0.1, 0.15) is 0 Å². The van der Waals surface area contributed by atoms with Crippen LogP contribution in [0.2, 0.25) is 0 Å². The van der Waals surface area contributed by atoms with Crippen LogP contribution in [0.25, 0.3) is 11.0 Å². The number of fused-ring (bicyclic) bond motifs is 3. The topological polar surface area (TPSA) is 92.3 Å². The highest BCUT2D eigenvalue weighted by atomic mass is 16.5. The number of carbonyl (C=O) groups is 1. The van der Waals surface area contributed by atoms with Crippen LogP contribution in [0.1, 0.15) is 29.6 Å². The van der Waals surface area contributed by atoms with Crippen molar-refractivity contribution >= 4 is 16.9 Å². The Kier molecular flexibility index (Phi) is 2.79. The Bertz CT molecular complexity index is 746. The van der Waals surface area contributed by atoms with Crippen molar-refractivity contribution in [2.75, 3.05) is 20.3 Å². The lowest BCUT2D eigenvalue weighted by atomic mass is 9.99. The van der Waals surface area contributed by atoms with Crippen LogP contribution >= 0.6 is 0 Å². The molecule has 2 N–H and O–H groups in total. The molecule has 1 saturated heterocycles. The second-order valence-electron chi connectivity index (χ2n) is 6.38. The van der Waals surface area contributed by atoms with Gasteiger partial charge in [0.05, 0.1) is 29.9 Å². The van der Waals surface area contributed by atoms with Gasteiger partial charge in [-0.1, -0.05) is 0 Å². The summed E-state index contributed by atoms with van der Waals surface area (Å²) in [7, 11) is 1.70. The third kappa shape index (κ3) is 1.85. The third-order valence-electron chi connectivity index (χ3n) is 4.88. The maximum Gasteiger partial charge on any atom is 0.250 e. The first kappa shape index (κ1) is 13.7. The molecule has 2 fully saturated rings. The summed E-state index contributed by atoms with van der Waals surface area (Å²) in [6, 6.07) is 1.73. The Labute approximate surface area is 127 Å². The Morgan fingerprint density at radius 3 is 3.09 bits per heavy atom. The van der Waals surface area contributed by atoms with Gasteiger partial charge in [-0.05, 0) is 18.9 Å². The second-order valence-corrected chi connectivity index (χ2v) is 6.38. The Morgan fingerprint density at radius 1 is 1.55 bits per heavy atom. The largest absolute Gasteiger partial charge is 0.382 e. The molecule has 0 radical (unpaired) electrons. The molecule has 116 valence electrons. The van der Waals surface area contributed by atoms with E-state index >= 15 is 0 Å². The normalized spacial score (nSPS) is 30.2. The van der Waals surface area contributed by atoms with Crippen molar-refractivity contribution in [3.8, 4) is 0 Å². The number of hydrogen-bond acceptors (Lipinski definition) is 5. The fourth-order valence-corrected chi connectivity index (χ4v) is 3.75. The van der Waals surface area contributed by atoms with Crippen molar-refractivity contribution in [3.63, 3.8) is 0 Å². The number of nitrogens with zero attached hydrogens (tertiary/aromatic N) is 3. The SMILES string of the molecule is COC[C@]12CC[C@](n3cc4cc(C(N)=O)cnc4n3)(CO1)C2. The van der Waals surface area contributed by atoms with Crippen LogP contribution < -0.4 is 5.73 Å². The van der Waals surface area contributed by atoms with E-state index in [0.717, 1.165) is 24.6 Å². The minimum atomic E-state index is -0.482. The molecule has 0 spiro atoms. The quantitative estimate of drug-likeness (QED) is 0.903. The maximum atomic E-state index is 11.3. The summed E-state index contributed by atoms with van der Waals surface area (Å²) in [5, 5.41) is 5.41. The molecule has 2 bridgehead atoms. The smallest absolute Gasteiger partial charge is 0.250 e. The molecule has 4 rings (SSSR count). The van der Waals surface area contributed by atoms with Gasteiger partial charge in [-0.2, -0.15) is 5.10 Å². The zero-order chi connectivity index (χ0) is 15.4. The highest BCUT2D eigenvalue weighted by molar-refractivity contribution is 5.95. The summed E-state index contributed by atoms with van der Waals surface area (Å²) in [4.78, 5) is 15.5. The van der Waals surface area contributed by atoms with E-state index in [1.165, 1.54) is 6.20 Å². The molecular weight excluding hydrogens is 284 g/mol. The summed E-state index contributed by atoms with van der Waals surface area (Å²) in [5.41, 5.74) is 6.01. The van der Waals surface area contributed by atoms with Crippen LogP contribution in [0.15, 0.2) is 18.5 Å². The summed E-state index contributed by atoms with van der Waals surface area (Å²) >= 11 is 0. The fraction of sp³-hybridized carbons (Fsp3) is 0.533. The van der Waals surface area contributed by atoms with Crippen molar-refractivity contribution < 1.29 is 14.3 Å². The van der Waals surface area contributed by atoms with Gasteiger partial charge >= 0.3 is 0 Å². The van der Waals surface area contributed by atoms with E-state index in [2.05, 4.69) is 10.1 Å². The summed E-state index contributed by atoms with van der Waals surface area (Å²) in [5.74, 6) is -0.482. The predicted molar refractivity (Wildman–Crippen MR) is 78.4 cm³/mol. The standard InChI is InChI=1S/C15H18N4O3/c1-21-9-15-3-2-14(7-15,8-22-15)19-6-11-4-10(12(16)20)5-17-13(11)18-19/h4-6H,2-3,7-9H2,1H3,(H2,16,20)/t14-,15-/m1/s1. The van der Waals surface area contributed by atoms with E-state index < -0.39 is 5.91 Å². The molecule has 2 aromatic rings. The maximum absolute atomic E-state index is 11.3. The number of amides is 1. The van der Waals surface area contributed by atoms with Crippen LogP contribution in [0.4, 0.5) is 0 Å². The van der Waals surface area contributed by atoms with E-state index in [-0.39, 0.29) is 11.1 Å². The first-order valence-corrected chi connectivity index (χ1v) is 7.35. The average molecular weight is 302 g/mol. The number of nitrogens with two attached hydrogens (primary N) is 1. The van der Waals surface area contributed by atoms with Crippen LogP contribution in [-0.4, -0.2) is 46.6 Å². The number of pyridine rings is 1. The minimum absolute atomic E-state index is 0.133. The molecule has 1 amide bonds. The highest BCUT2D eigenvalue weighted by Crippen LogP contribution is 2.51. The van der Waals surface area contributed by atoms with Gasteiger partial charge in [0.15, 0.2) is 5.65 Å². The first-order valence-electron chi connectivity index (χ1n) is 7.35. The Balaban J connectivity index is 1.72. The zero-order valence-corrected chi connectivity index (χ0v) is 12.4. The third-order valence-corrected chi connectivity index (χ3v) is 4.88. The van der Waals surface area contributed by atoms with Gasteiger partial charge in [0, 0.05) is 31.3 Å². The number of hydrogen-bond donors (Lipinski definition) is 1. The monoisotopic (exact) mass is 302 g/mol. The van der Waals surface area contributed by atoms with Crippen LogP contribution in [-0.2, 0) is 15.0 Å². The van der Waals surface area contributed by atoms with Crippen LogP contribution in [0, 0.1) is 0 Å². The fourth-order valence-electron chi connectivity index (χ4n) is 3.75. The number of primary amides is 1. The zero-order valence-electron chi connectivity index (χ0n) is 12.4. The number of methoxy groups -OCH3 is 1. The molecule has 2 atom stereocenters. The molecule has 7 heteroatoms. The lowest BCUT2D eigenvalue weighted by Crippen LogP contribution is -2.34. The molecule has 0 aromatic carbocycles. The highest BCUT2D eigenvalue weighted by Gasteiger charge is 2.57. The van der Waals surface area contributed by atoms with Crippen molar-refractivity contribution in [1.29, 1.82) is 0 Å². The van der Waals surface area contributed by atoms with Gasteiger partial charge in [0.2, 0.25) is 5.91 Å². The number of aromatic nitrogens is 3. The molecule has 2 aromatic heterocycles. The van der Waals surface area contributed by atoms with Gasteiger partial charge < -0.3 is 15.2 Å². The van der Waals surface area contributed by atoms with Crippen molar-refractivity contribution in [1.82, 2.24) is 14.8 Å². The van der Waals surface area contributed by atoms with E-state index in [4.69, 9.17) is 15.2 Å². The van der Waals surface area contributed by atoms with Crippen molar-refractivity contribution in [2.45, 2.75) is 30.4 Å². The van der Waals surface area contributed by atoms with Gasteiger partial charge in [0.25, 0.3) is 0 Å². The van der Waals surface area contributed by atoms with Crippen LogP contribution in [0.3, 0.4) is 0 Å². The number of rotatable bonds is 4. The number of carbonyl (C=O) groups excluding carboxylic acids is 1. The van der Waals surface area contributed by atoms with Crippen LogP contribution in [0.5, 0.6) is 0 Å². The molecule has 1 aliphatic heterocycles. The lowest BCUT2D eigenvalue weighted by Gasteiger charge is -2.28. The molecule has 0 unspecified atom stereocenters. The molecule has 1 saturated carbocycles. The van der Waals surface area contributed by atoms with Gasteiger partial charge in [-0.25, -0.2) is 4.98 Å². The summed E-state index contributed by atoms with van der Waals surface area (Å²) in [6.07, 6.45) is 6.27. The molecule has 22 heavy (non-hydrogen) atoms. The molecule has 3 heterocycles. The molecule has 1 aliphatic carbocycles. The Hall–Kier alpha value is -1.99. The molecule has 7 nitrogen and oxygen atoms in total. The first-order chi connectivity index (χ1) is 10.6. The Morgan fingerprint density at radius 2 is 2.41 bits per heavy atom. The van der Waals surface area contributed by atoms with Gasteiger partial charge in [-0.3, -0.25) is 9.48 Å². The molecule has 2 aliphatic rings. The predicted octanol–water partition coefficient (Wildman–Crippen LogP) is 0.825. The van der Waals surface area contributed by atoms with E-state index in [0.29, 0.717) is 24.4 Å². The second kappa shape index (κ2) is 4.50. The number of ether oxygens (including phenoxy) is 2. The minimum Gasteiger partial charge on any atom is -0.382 e. The lowest BCUT2D eigenvalue weighted by molar-refractivity contribution is -0.0698. The summed E-state index contributed by atoms with van der Waals surface area (Å²) in [6.45, 7) is 1.24. The van der Waals surface area contributed by atoms with Crippen molar-refractivity contribution in [2.24, 2.45) is 5.73 Å². The van der Waals surface area contributed by atoms with E-state index in [9.17, 15) is 4.79 Å². The summed E-state index contributed by atoms with van der Waals surface area (Å²) < 4.78 is 13.3.